The van der Waals surface area contributed by atoms with Gasteiger partial charge in [0, 0.05) is 17.7 Å². The third kappa shape index (κ3) is 3.29. The molecule has 1 aromatic heterocycles. The Morgan fingerprint density at radius 3 is 2.38 bits per heavy atom. The van der Waals surface area contributed by atoms with Crippen molar-refractivity contribution in [1.29, 1.82) is 5.26 Å². The molecular weight excluding hydrogens is 301 g/mol. The number of pyridine rings is 1. The molecule has 0 atom stereocenters. The molecule has 1 aliphatic carbocycles. The van der Waals surface area contributed by atoms with Crippen LogP contribution in [0.25, 0.3) is 0 Å². The second kappa shape index (κ2) is 6.38. The summed E-state index contributed by atoms with van der Waals surface area (Å²) < 4.78 is 12.1. The topological polar surface area (TPSA) is 67.2 Å². The first-order valence-electron chi connectivity index (χ1n) is 8.84. The summed E-state index contributed by atoms with van der Waals surface area (Å²) in [5.41, 5.74) is 0.541. The zero-order chi connectivity index (χ0) is 17.4. The number of anilines is 1. The number of hydrogen-bond donors (Lipinski definition) is 1. The first-order valence-corrected chi connectivity index (χ1v) is 8.84. The van der Waals surface area contributed by atoms with Crippen molar-refractivity contribution in [3.05, 3.63) is 17.8 Å². The molecule has 5 nitrogen and oxygen atoms in total. The maximum Gasteiger partial charge on any atom is 0.496 e. The third-order valence-corrected chi connectivity index (χ3v) is 5.50. The summed E-state index contributed by atoms with van der Waals surface area (Å²) in [5, 5.41) is 12.9. The van der Waals surface area contributed by atoms with E-state index in [2.05, 4.69) is 16.4 Å². The van der Waals surface area contributed by atoms with E-state index in [0.717, 1.165) is 18.3 Å². The SMILES string of the molecule is CC1(C)OB(c2cnc(NC3CCCCC3)c(C#N)c2)OC1(C)C. The van der Waals surface area contributed by atoms with Gasteiger partial charge in [0.1, 0.15) is 11.9 Å². The standard InChI is InChI=1S/C18H26BN3O2/c1-17(2)18(3,4)24-19(23-17)14-10-13(11-20)16(21-12-14)22-15-8-6-5-7-9-15/h10,12,15H,5-9H2,1-4H3,(H,21,22). The van der Waals surface area contributed by atoms with Gasteiger partial charge in [0.15, 0.2) is 0 Å². The summed E-state index contributed by atoms with van der Waals surface area (Å²) in [6, 6.07) is 4.51. The van der Waals surface area contributed by atoms with Crippen molar-refractivity contribution >= 4 is 18.4 Å². The van der Waals surface area contributed by atoms with Gasteiger partial charge in [-0.1, -0.05) is 19.3 Å². The first kappa shape index (κ1) is 17.3. The van der Waals surface area contributed by atoms with Gasteiger partial charge in [-0.2, -0.15) is 5.26 Å². The molecule has 3 rings (SSSR count). The minimum atomic E-state index is -0.488. The van der Waals surface area contributed by atoms with E-state index >= 15 is 0 Å². The number of hydrogen-bond acceptors (Lipinski definition) is 5. The van der Waals surface area contributed by atoms with Crippen molar-refractivity contribution in [3.8, 4) is 6.07 Å². The molecule has 0 unspecified atom stereocenters. The van der Waals surface area contributed by atoms with Gasteiger partial charge in [-0.05, 0) is 46.6 Å². The normalized spacial score (nSPS) is 23.0. The van der Waals surface area contributed by atoms with Crippen LogP contribution in [0.4, 0.5) is 5.82 Å². The maximum absolute atomic E-state index is 9.51. The molecule has 1 saturated carbocycles. The highest BCUT2D eigenvalue weighted by atomic mass is 16.7. The van der Waals surface area contributed by atoms with E-state index in [0.29, 0.717) is 17.4 Å². The monoisotopic (exact) mass is 327 g/mol. The Morgan fingerprint density at radius 2 is 1.79 bits per heavy atom. The third-order valence-electron chi connectivity index (χ3n) is 5.50. The Kier molecular flexibility index (Phi) is 4.59. The molecule has 1 aliphatic heterocycles. The Labute approximate surface area is 144 Å². The highest BCUT2D eigenvalue weighted by Gasteiger charge is 2.51. The molecule has 2 aliphatic rings. The van der Waals surface area contributed by atoms with Crippen molar-refractivity contribution < 1.29 is 9.31 Å². The number of nitrogens with one attached hydrogen (secondary N) is 1. The van der Waals surface area contributed by atoms with Crippen molar-refractivity contribution in [2.75, 3.05) is 5.32 Å². The number of rotatable bonds is 3. The van der Waals surface area contributed by atoms with E-state index in [9.17, 15) is 5.26 Å². The minimum Gasteiger partial charge on any atom is -0.399 e. The number of nitrogens with zero attached hydrogens (tertiary/aromatic N) is 2. The van der Waals surface area contributed by atoms with Crippen LogP contribution in [0.1, 0.15) is 65.4 Å². The molecule has 0 bridgehead atoms. The molecule has 0 radical (unpaired) electrons. The fourth-order valence-corrected chi connectivity index (χ4v) is 3.23. The lowest BCUT2D eigenvalue weighted by Gasteiger charge is -2.32. The smallest absolute Gasteiger partial charge is 0.399 e. The molecule has 1 saturated heterocycles. The van der Waals surface area contributed by atoms with Crippen LogP contribution in [-0.4, -0.2) is 29.3 Å². The maximum atomic E-state index is 9.51. The minimum absolute atomic E-state index is 0.399. The summed E-state index contributed by atoms with van der Waals surface area (Å²) >= 11 is 0. The summed E-state index contributed by atoms with van der Waals surface area (Å²) in [5.74, 6) is 0.671. The molecule has 128 valence electrons. The van der Waals surface area contributed by atoms with Gasteiger partial charge in [-0.3, -0.25) is 0 Å². The summed E-state index contributed by atoms with van der Waals surface area (Å²) in [7, 11) is -0.488. The van der Waals surface area contributed by atoms with Crippen LogP contribution < -0.4 is 10.8 Å². The van der Waals surface area contributed by atoms with E-state index in [1.54, 1.807) is 6.20 Å². The fourth-order valence-electron chi connectivity index (χ4n) is 3.23. The molecule has 0 amide bonds. The summed E-state index contributed by atoms with van der Waals surface area (Å²) in [6.07, 6.45) is 7.83. The van der Waals surface area contributed by atoms with Gasteiger partial charge in [0.2, 0.25) is 0 Å². The van der Waals surface area contributed by atoms with Crippen LogP contribution in [-0.2, 0) is 9.31 Å². The van der Waals surface area contributed by atoms with Crippen molar-refractivity contribution in [1.82, 2.24) is 4.98 Å². The van der Waals surface area contributed by atoms with Gasteiger partial charge in [0.25, 0.3) is 0 Å². The average molecular weight is 327 g/mol. The lowest BCUT2D eigenvalue weighted by Crippen LogP contribution is -2.41. The van der Waals surface area contributed by atoms with E-state index in [1.807, 2.05) is 33.8 Å². The van der Waals surface area contributed by atoms with Gasteiger partial charge in [-0.15, -0.1) is 0 Å². The summed E-state index contributed by atoms with van der Waals surface area (Å²) in [6.45, 7) is 8.07. The van der Waals surface area contributed by atoms with Crippen LogP contribution >= 0.6 is 0 Å². The first-order chi connectivity index (χ1) is 11.3. The molecule has 1 aromatic rings. The van der Waals surface area contributed by atoms with Crippen LogP contribution in [0.5, 0.6) is 0 Å². The molecule has 2 heterocycles. The zero-order valence-electron chi connectivity index (χ0n) is 15.1. The molecule has 0 spiro atoms. The van der Waals surface area contributed by atoms with Crippen molar-refractivity contribution in [2.24, 2.45) is 0 Å². The van der Waals surface area contributed by atoms with E-state index in [1.165, 1.54) is 19.3 Å². The van der Waals surface area contributed by atoms with Gasteiger partial charge in [-0.25, -0.2) is 4.98 Å². The fraction of sp³-hybridized carbons (Fsp3) is 0.667. The molecule has 2 fully saturated rings. The molecule has 0 aromatic carbocycles. The van der Waals surface area contributed by atoms with E-state index < -0.39 is 18.3 Å². The quantitative estimate of drug-likeness (QED) is 0.865. The highest BCUT2D eigenvalue weighted by Crippen LogP contribution is 2.36. The van der Waals surface area contributed by atoms with Crippen molar-refractivity contribution in [3.63, 3.8) is 0 Å². The number of nitriles is 1. The van der Waals surface area contributed by atoms with Gasteiger partial charge >= 0.3 is 7.12 Å². The second-order valence-corrected chi connectivity index (χ2v) is 7.84. The lowest BCUT2D eigenvalue weighted by molar-refractivity contribution is 0.00578. The predicted molar refractivity (Wildman–Crippen MR) is 95.2 cm³/mol. The molecule has 6 heteroatoms. The Bertz CT molecular complexity index is 632. The van der Waals surface area contributed by atoms with Gasteiger partial charge in [0.05, 0.1) is 16.8 Å². The molecule has 1 N–H and O–H groups in total. The van der Waals surface area contributed by atoms with Gasteiger partial charge < -0.3 is 14.6 Å². The Balaban J connectivity index is 1.78. The number of aromatic nitrogens is 1. The lowest BCUT2D eigenvalue weighted by atomic mass is 9.79. The Hall–Kier alpha value is -1.58. The summed E-state index contributed by atoms with van der Waals surface area (Å²) in [4.78, 5) is 4.49. The second-order valence-electron chi connectivity index (χ2n) is 7.84. The molecular formula is C18H26BN3O2. The predicted octanol–water partition coefficient (Wildman–Crippen LogP) is 3.00. The highest BCUT2D eigenvalue weighted by molar-refractivity contribution is 6.62. The molecule has 24 heavy (non-hydrogen) atoms. The van der Waals surface area contributed by atoms with Crippen LogP contribution in [0.2, 0.25) is 0 Å². The van der Waals surface area contributed by atoms with E-state index in [4.69, 9.17) is 9.31 Å². The van der Waals surface area contributed by atoms with E-state index in [-0.39, 0.29) is 0 Å². The van der Waals surface area contributed by atoms with Crippen LogP contribution in [0.3, 0.4) is 0 Å². The van der Waals surface area contributed by atoms with Crippen LogP contribution in [0.15, 0.2) is 12.3 Å². The van der Waals surface area contributed by atoms with Crippen molar-refractivity contribution in [2.45, 2.75) is 77.0 Å². The largest absolute Gasteiger partial charge is 0.496 e. The van der Waals surface area contributed by atoms with Crippen LogP contribution in [0, 0.1) is 11.3 Å². The average Bonchev–Trinajstić information content (AvgIpc) is 2.77. The zero-order valence-corrected chi connectivity index (χ0v) is 15.1. The Morgan fingerprint density at radius 1 is 1.17 bits per heavy atom.